The highest BCUT2D eigenvalue weighted by atomic mass is 16.6. The minimum absolute atomic E-state index is 0.125. The third-order valence-electron chi connectivity index (χ3n) is 5.53. The third kappa shape index (κ3) is 4.44. The maximum Gasteiger partial charge on any atom is 0.343 e. The van der Waals surface area contributed by atoms with Gasteiger partial charge in [0.1, 0.15) is 23.0 Å². The van der Waals surface area contributed by atoms with Crippen molar-refractivity contribution in [3.8, 4) is 17.0 Å². The number of fused-ring (bicyclic) bond motifs is 1. The monoisotopic (exact) mass is 462 g/mol. The molecule has 0 spiro atoms. The number of pyridine rings is 1. The smallest absolute Gasteiger partial charge is 0.343 e. The van der Waals surface area contributed by atoms with E-state index in [1.807, 2.05) is 30.3 Å². The summed E-state index contributed by atoms with van der Waals surface area (Å²) in [7, 11) is 1.54. The minimum atomic E-state index is -1.14. The van der Waals surface area contributed by atoms with Crippen molar-refractivity contribution < 1.29 is 29.0 Å². The van der Waals surface area contributed by atoms with Crippen LogP contribution in [0.5, 0.6) is 5.75 Å². The molecule has 34 heavy (non-hydrogen) atoms. The van der Waals surface area contributed by atoms with Gasteiger partial charge in [0.05, 0.1) is 30.6 Å². The molecule has 0 saturated carbocycles. The Bertz CT molecular complexity index is 1280. The van der Waals surface area contributed by atoms with E-state index in [-0.39, 0.29) is 24.3 Å². The maximum absolute atomic E-state index is 13.6. The number of nitrogens with zero attached hydrogens (tertiary/aromatic N) is 2. The number of esters is 1. The number of Topliss-reactive ketones (excluding diaryl/α,β-unsaturated/α-hetero) is 1. The van der Waals surface area contributed by atoms with Crippen LogP contribution in [0.15, 0.2) is 48.5 Å². The molecule has 0 bridgehead atoms. The summed E-state index contributed by atoms with van der Waals surface area (Å²) in [6, 6.07) is 13.2. The summed E-state index contributed by atoms with van der Waals surface area (Å²) in [5.41, 5.74) is 1.15. The van der Waals surface area contributed by atoms with Crippen LogP contribution in [0.2, 0.25) is 0 Å². The van der Waals surface area contributed by atoms with Crippen LogP contribution >= 0.6 is 0 Å². The number of hydrogen-bond acceptors (Lipinski definition) is 7. The molecule has 1 aliphatic rings. The predicted octanol–water partition coefficient (Wildman–Crippen LogP) is 4.10. The van der Waals surface area contributed by atoms with E-state index in [0.29, 0.717) is 33.6 Å². The highest BCUT2D eigenvalue weighted by molar-refractivity contribution is 6.13. The molecule has 2 aromatic carbocycles. The third-order valence-corrected chi connectivity index (χ3v) is 5.53. The Kier molecular flexibility index (Phi) is 6.00. The topological polar surface area (TPSA) is 106 Å². The quantitative estimate of drug-likeness (QED) is 0.565. The first-order chi connectivity index (χ1) is 16.1. The van der Waals surface area contributed by atoms with E-state index >= 15 is 0 Å². The van der Waals surface area contributed by atoms with Gasteiger partial charge in [0.2, 0.25) is 0 Å². The Balaban J connectivity index is 2.11. The number of carbonyl (C=O) groups is 3. The molecule has 1 saturated heterocycles. The van der Waals surface area contributed by atoms with E-state index in [1.54, 1.807) is 39.0 Å². The van der Waals surface area contributed by atoms with E-state index in [9.17, 15) is 19.5 Å². The number of rotatable bonds is 5. The lowest BCUT2D eigenvalue weighted by Crippen LogP contribution is -2.37. The number of methoxy groups -OCH3 is 1. The lowest BCUT2D eigenvalue weighted by Gasteiger charge is -2.29. The van der Waals surface area contributed by atoms with Gasteiger partial charge >= 0.3 is 11.9 Å². The number of ketones is 1. The summed E-state index contributed by atoms with van der Waals surface area (Å²) in [5, 5.41) is 10.4. The SMILES string of the molecule is COc1ccc2c(N3CC(=O)CC3C(=O)O)c(C(=O)OC(C)(C)C)c(-c3ccccc3)nc2c1. The van der Waals surface area contributed by atoms with Crippen molar-refractivity contribution in [1.29, 1.82) is 0 Å². The second-order valence-electron chi connectivity index (χ2n) is 9.16. The number of carboxylic acids is 1. The Morgan fingerprint density at radius 1 is 1.12 bits per heavy atom. The summed E-state index contributed by atoms with van der Waals surface area (Å²) in [6.45, 7) is 5.13. The molecule has 1 N–H and O–H groups in total. The number of benzene rings is 2. The van der Waals surface area contributed by atoms with Crippen LogP contribution in [0, 0.1) is 0 Å². The first kappa shape index (κ1) is 23.2. The zero-order valence-electron chi connectivity index (χ0n) is 19.5. The highest BCUT2D eigenvalue weighted by Gasteiger charge is 2.40. The van der Waals surface area contributed by atoms with Crippen molar-refractivity contribution in [3.63, 3.8) is 0 Å². The van der Waals surface area contributed by atoms with Crippen molar-refractivity contribution in [1.82, 2.24) is 4.98 Å². The molecule has 2 heterocycles. The lowest BCUT2D eigenvalue weighted by atomic mass is 9.98. The number of hydrogen-bond donors (Lipinski definition) is 1. The fraction of sp³-hybridized carbons (Fsp3) is 0.308. The Morgan fingerprint density at radius 2 is 1.82 bits per heavy atom. The summed E-state index contributed by atoms with van der Waals surface area (Å²) >= 11 is 0. The predicted molar refractivity (Wildman–Crippen MR) is 127 cm³/mol. The standard InChI is InChI=1S/C26H26N2O6/c1-26(2,3)34-25(32)21-22(15-8-6-5-7-9-15)27-19-13-17(33-4)10-11-18(19)23(21)28-14-16(29)12-20(28)24(30)31/h5-11,13,20H,12,14H2,1-4H3,(H,30,31). The van der Waals surface area contributed by atoms with E-state index < -0.39 is 23.6 Å². The van der Waals surface area contributed by atoms with Gasteiger partial charge in [-0.05, 0) is 32.9 Å². The summed E-state index contributed by atoms with van der Waals surface area (Å²) in [5.74, 6) is -1.44. The molecule has 1 atom stereocenters. The summed E-state index contributed by atoms with van der Waals surface area (Å²) in [6.07, 6.45) is -0.149. The van der Waals surface area contributed by atoms with Gasteiger partial charge in [-0.1, -0.05) is 30.3 Å². The minimum Gasteiger partial charge on any atom is -0.497 e. The lowest BCUT2D eigenvalue weighted by molar-refractivity contribution is -0.139. The van der Waals surface area contributed by atoms with Crippen molar-refractivity contribution >= 4 is 34.3 Å². The molecule has 0 radical (unpaired) electrons. The molecule has 1 unspecified atom stereocenters. The maximum atomic E-state index is 13.6. The molecule has 4 rings (SSSR count). The van der Waals surface area contributed by atoms with Crippen molar-refractivity contribution in [3.05, 3.63) is 54.1 Å². The van der Waals surface area contributed by atoms with E-state index in [4.69, 9.17) is 14.5 Å². The Morgan fingerprint density at radius 3 is 2.44 bits per heavy atom. The second kappa shape index (κ2) is 8.78. The molecular weight excluding hydrogens is 436 g/mol. The Labute approximate surface area is 197 Å². The fourth-order valence-electron chi connectivity index (χ4n) is 4.13. The molecule has 176 valence electrons. The molecule has 1 fully saturated rings. The van der Waals surface area contributed by atoms with Crippen molar-refractivity contribution in [2.24, 2.45) is 0 Å². The van der Waals surface area contributed by atoms with Crippen LogP contribution in [0.25, 0.3) is 22.2 Å². The van der Waals surface area contributed by atoms with E-state index in [2.05, 4.69) is 0 Å². The average molecular weight is 463 g/mol. The summed E-state index contributed by atoms with van der Waals surface area (Å²) < 4.78 is 11.1. The molecule has 0 amide bonds. The van der Waals surface area contributed by atoms with E-state index in [1.165, 1.54) is 12.0 Å². The van der Waals surface area contributed by atoms with Crippen LogP contribution in [-0.2, 0) is 14.3 Å². The van der Waals surface area contributed by atoms with Crippen molar-refractivity contribution in [2.45, 2.75) is 38.8 Å². The fourth-order valence-corrected chi connectivity index (χ4v) is 4.13. The number of carboxylic acid groups (broad SMARTS) is 1. The van der Waals surface area contributed by atoms with Gasteiger partial charge in [-0.2, -0.15) is 0 Å². The number of aromatic nitrogens is 1. The van der Waals surface area contributed by atoms with Gasteiger partial charge in [0.25, 0.3) is 0 Å². The first-order valence-corrected chi connectivity index (χ1v) is 10.9. The van der Waals surface area contributed by atoms with Gasteiger partial charge in [-0.25, -0.2) is 14.6 Å². The van der Waals surface area contributed by atoms with Gasteiger partial charge in [0, 0.05) is 23.4 Å². The zero-order valence-corrected chi connectivity index (χ0v) is 19.5. The van der Waals surface area contributed by atoms with Crippen LogP contribution in [-0.4, -0.2) is 53.1 Å². The highest BCUT2D eigenvalue weighted by Crippen LogP contribution is 2.41. The molecule has 3 aromatic rings. The van der Waals surface area contributed by atoms with E-state index in [0.717, 1.165) is 0 Å². The largest absolute Gasteiger partial charge is 0.497 e. The molecule has 8 nitrogen and oxygen atoms in total. The van der Waals surface area contributed by atoms with Gasteiger partial charge in [0.15, 0.2) is 5.78 Å². The van der Waals surface area contributed by atoms with Crippen LogP contribution < -0.4 is 9.64 Å². The van der Waals surface area contributed by atoms with Crippen LogP contribution in [0.4, 0.5) is 5.69 Å². The number of anilines is 1. The summed E-state index contributed by atoms with van der Waals surface area (Å²) in [4.78, 5) is 44.3. The van der Waals surface area contributed by atoms with Crippen LogP contribution in [0.1, 0.15) is 37.6 Å². The number of aliphatic carboxylic acids is 1. The average Bonchev–Trinajstić information content (AvgIpc) is 3.18. The van der Waals surface area contributed by atoms with Gasteiger partial charge in [-0.15, -0.1) is 0 Å². The number of ether oxygens (including phenoxy) is 2. The van der Waals surface area contributed by atoms with Crippen molar-refractivity contribution in [2.75, 3.05) is 18.6 Å². The normalized spacial score (nSPS) is 16.1. The Hall–Kier alpha value is -3.94. The molecular formula is C26H26N2O6. The zero-order chi connectivity index (χ0) is 24.6. The van der Waals surface area contributed by atoms with Crippen LogP contribution in [0.3, 0.4) is 0 Å². The number of carbonyl (C=O) groups excluding carboxylic acids is 2. The molecule has 1 aliphatic heterocycles. The molecule has 1 aromatic heterocycles. The first-order valence-electron chi connectivity index (χ1n) is 10.9. The van der Waals surface area contributed by atoms with Gasteiger partial charge < -0.3 is 19.5 Å². The molecule has 0 aliphatic carbocycles. The molecule has 8 heteroatoms. The second-order valence-corrected chi connectivity index (χ2v) is 9.16. The van der Waals surface area contributed by atoms with Gasteiger partial charge in [-0.3, -0.25) is 4.79 Å².